The first-order valence-corrected chi connectivity index (χ1v) is 16.8. The maximum atomic E-state index is 10.8. The molecule has 0 radical (unpaired) electrons. The Bertz CT molecular complexity index is 2830. The molecule has 9 rings (SSSR count). The van der Waals surface area contributed by atoms with Gasteiger partial charge in [-0.25, -0.2) is 19.7 Å². The Hall–Kier alpha value is -7.78. The zero-order chi connectivity index (χ0) is 36.4. The molecule has 0 unspecified atom stereocenters. The number of rotatable bonds is 4. The van der Waals surface area contributed by atoms with E-state index in [4.69, 9.17) is 31.9 Å². The van der Waals surface area contributed by atoms with Gasteiger partial charge in [0.1, 0.15) is 11.0 Å². The first-order chi connectivity index (χ1) is 25.8. The van der Waals surface area contributed by atoms with Crippen LogP contribution in [0, 0.1) is 35.8 Å². The van der Waals surface area contributed by atoms with Crippen molar-refractivity contribution in [1.82, 2.24) is 9.97 Å². The second-order valence-corrected chi connectivity index (χ2v) is 13.3. The molecule has 53 heavy (non-hydrogen) atoms. The topological polar surface area (TPSA) is 108 Å². The van der Waals surface area contributed by atoms with Crippen molar-refractivity contribution in [3.63, 3.8) is 0 Å². The van der Waals surface area contributed by atoms with Crippen LogP contribution in [0.3, 0.4) is 0 Å². The van der Waals surface area contributed by atoms with Gasteiger partial charge in [-0.2, -0.15) is 10.5 Å². The van der Waals surface area contributed by atoms with Crippen molar-refractivity contribution < 1.29 is 8.83 Å². The van der Waals surface area contributed by atoms with E-state index < -0.39 is 0 Å². The molecule has 0 amide bonds. The van der Waals surface area contributed by atoms with Crippen LogP contribution in [0.15, 0.2) is 118 Å². The van der Waals surface area contributed by atoms with Crippen LogP contribution >= 0.6 is 0 Å². The average Bonchev–Trinajstić information content (AvgIpc) is 3.89. The van der Waals surface area contributed by atoms with Gasteiger partial charge in [-0.15, -0.1) is 0 Å². The number of benzene rings is 6. The molecule has 0 aliphatic heterocycles. The first-order valence-electron chi connectivity index (χ1n) is 16.8. The molecule has 8 aromatic rings. The molecule has 0 N–H and O–H groups in total. The average molecular weight is 681 g/mol. The quantitative estimate of drug-likeness (QED) is 0.171. The van der Waals surface area contributed by atoms with Gasteiger partial charge in [-0.3, -0.25) is 0 Å². The smallest absolute Gasteiger partial charge is 0.227 e. The molecule has 1 aliphatic rings. The van der Waals surface area contributed by atoms with Gasteiger partial charge in [0.25, 0.3) is 0 Å². The highest BCUT2D eigenvalue weighted by Crippen LogP contribution is 2.53. The van der Waals surface area contributed by atoms with Crippen LogP contribution in [-0.2, 0) is 5.41 Å². The van der Waals surface area contributed by atoms with Crippen LogP contribution in [0.5, 0.6) is 0 Å². The van der Waals surface area contributed by atoms with E-state index in [2.05, 4.69) is 47.8 Å². The summed E-state index contributed by atoms with van der Waals surface area (Å²) in [6, 6.07) is 38.7. The molecular weight excluding hydrogens is 657 g/mol. The largest absolute Gasteiger partial charge is 0.436 e. The van der Waals surface area contributed by atoms with E-state index >= 15 is 0 Å². The van der Waals surface area contributed by atoms with Crippen LogP contribution in [0.4, 0.5) is 11.4 Å². The lowest BCUT2D eigenvalue weighted by atomic mass is 9.80. The van der Waals surface area contributed by atoms with Crippen molar-refractivity contribution in [3.05, 3.63) is 154 Å². The number of nitriles is 2. The normalized spacial score (nSPS) is 12.4. The Morgan fingerprint density at radius 3 is 1.62 bits per heavy atom. The lowest BCUT2D eigenvalue weighted by Crippen LogP contribution is -2.15. The van der Waals surface area contributed by atoms with Crippen molar-refractivity contribution in [2.45, 2.75) is 19.3 Å². The molecule has 0 saturated carbocycles. The zero-order valence-corrected chi connectivity index (χ0v) is 28.4. The van der Waals surface area contributed by atoms with E-state index in [1.807, 2.05) is 84.9 Å². The number of fused-ring (bicyclic) bond motifs is 5. The van der Waals surface area contributed by atoms with Crippen LogP contribution in [0.25, 0.3) is 88.2 Å². The number of aromatic nitrogens is 2. The summed E-state index contributed by atoms with van der Waals surface area (Å²) < 4.78 is 12.3. The van der Waals surface area contributed by atoms with E-state index in [1.54, 1.807) is 12.1 Å². The molecule has 6 aromatic carbocycles. The summed E-state index contributed by atoms with van der Waals surface area (Å²) in [6.45, 7) is 21.1. The molecule has 8 nitrogen and oxygen atoms in total. The molecule has 246 valence electrons. The van der Waals surface area contributed by atoms with Gasteiger partial charge < -0.3 is 8.83 Å². The van der Waals surface area contributed by atoms with Crippen molar-refractivity contribution in [3.8, 4) is 68.4 Å². The van der Waals surface area contributed by atoms with E-state index in [9.17, 15) is 10.5 Å². The first kappa shape index (κ1) is 31.2. The van der Waals surface area contributed by atoms with E-state index in [-0.39, 0.29) is 39.0 Å². The van der Waals surface area contributed by atoms with Gasteiger partial charge in [0.2, 0.25) is 23.2 Å². The number of hydrogen-bond acceptors (Lipinski definition) is 6. The lowest BCUT2D eigenvalue weighted by molar-refractivity contribution is 0.617. The molecule has 0 saturated heterocycles. The SMILES string of the molecule is [C-]#[N+]c1c(C#N)c(-c2ccc3c(c2)C(C)(C)c2ccccc2-3)c(C#N)c([N+]#[C-])c1-c1cc(-c2nc3ccccc3o2)cc(-c2nc3ccccc3o2)c1. The van der Waals surface area contributed by atoms with Crippen molar-refractivity contribution in [2.75, 3.05) is 0 Å². The Morgan fingerprint density at radius 2 is 1.08 bits per heavy atom. The maximum Gasteiger partial charge on any atom is 0.227 e. The highest BCUT2D eigenvalue weighted by Gasteiger charge is 2.36. The number of oxazole rings is 2. The molecule has 1 aliphatic carbocycles. The minimum Gasteiger partial charge on any atom is -0.436 e. The van der Waals surface area contributed by atoms with E-state index in [0.29, 0.717) is 56.2 Å². The second-order valence-electron chi connectivity index (χ2n) is 13.3. The van der Waals surface area contributed by atoms with Crippen molar-refractivity contribution in [1.29, 1.82) is 10.5 Å². The van der Waals surface area contributed by atoms with Gasteiger partial charge >= 0.3 is 0 Å². The summed E-state index contributed by atoms with van der Waals surface area (Å²) in [7, 11) is 0. The minimum absolute atomic E-state index is 0.0166. The minimum atomic E-state index is -0.348. The molecule has 0 spiro atoms. The highest BCUT2D eigenvalue weighted by atomic mass is 16.4. The Balaban J connectivity index is 1.31. The fourth-order valence-electron chi connectivity index (χ4n) is 7.60. The molecule has 2 aromatic heterocycles. The summed E-state index contributed by atoms with van der Waals surface area (Å²) in [5, 5.41) is 21.6. The van der Waals surface area contributed by atoms with Crippen LogP contribution < -0.4 is 0 Å². The van der Waals surface area contributed by atoms with Gasteiger partial charge in [0.05, 0.1) is 36.4 Å². The van der Waals surface area contributed by atoms with E-state index in [0.717, 1.165) is 16.7 Å². The van der Waals surface area contributed by atoms with E-state index in [1.165, 1.54) is 5.56 Å². The summed E-state index contributed by atoms with van der Waals surface area (Å²) in [6.07, 6.45) is 0. The summed E-state index contributed by atoms with van der Waals surface area (Å²) in [5.41, 5.74) is 9.01. The predicted octanol–water partition coefficient (Wildman–Crippen LogP) is 11.8. The molecule has 0 atom stereocenters. The zero-order valence-electron chi connectivity index (χ0n) is 28.4. The molecule has 0 bridgehead atoms. The Kier molecular flexibility index (Phi) is 6.86. The summed E-state index contributed by atoms with van der Waals surface area (Å²) in [4.78, 5) is 17.2. The van der Waals surface area contributed by atoms with Gasteiger partial charge in [0, 0.05) is 16.5 Å². The number of hydrogen-bond donors (Lipinski definition) is 0. The maximum absolute atomic E-state index is 10.8. The fraction of sp³-hybridized carbons (Fsp3) is 0.0667. The highest BCUT2D eigenvalue weighted by molar-refractivity contribution is 6.03. The summed E-state index contributed by atoms with van der Waals surface area (Å²) in [5.74, 6) is 0.608. The van der Waals surface area contributed by atoms with Crippen LogP contribution in [0.2, 0.25) is 0 Å². The third kappa shape index (κ3) is 4.65. The molecule has 8 heteroatoms. The summed E-state index contributed by atoms with van der Waals surface area (Å²) >= 11 is 0. The lowest BCUT2D eigenvalue weighted by Gasteiger charge is -2.23. The van der Waals surface area contributed by atoms with Gasteiger partial charge in [-0.05, 0) is 93.0 Å². The third-order valence-corrected chi connectivity index (χ3v) is 10.1. The molecule has 2 heterocycles. The monoisotopic (exact) mass is 680 g/mol. The standard InChI is InChI=1S/C45H24N6O2/c1-45(2)33-12-6-5-11-29(33)30-18-17-25(22-34(30)45)39-31(23-46)41(48-3)40(42(49-4)32(39)24-47)26-19-27(43-50-35-13-7-9-15-37(35)52-43)21-28(20-26)44-51-36-14-8-10-16-38(36)53-44/h5-22H,1-2H3. The van der Waals surface area contributed by atoms with Crippen molar-refractivity contribution in [2.24, 2.45) is 0 Å². The molecule has 0 fully saturated rings. The van der Waals surface area contributed by atoms with Crippen molar-refractivity contribution >= 4 is 33.6 Å². The Morgan fingerprint density at radius 1 is 0.566 bits per heavy atom. The second kappa shape index (κ2) is 11.6. The fourth-order valence-corrected chi connectivity index (χ4v) is 7.60. The predicted molar refractivity (Wildman–Crippen MR) is 203 cm³/mol. The Labute approximate surface area is 304 Å². The third-order valence-electron chi connectivity index (χ3n) is 10.1. The number of para-hydroxylation sites is 4. The van der Waals surface area contributed by atoms with Gasteiger partial charge in [0.15, 0.2) is 11.2 Å². The van der Waals surface area contributed by atoms with Crippen LogP contribution in [-0.4, -0.2) is 9.97 Å². The number of nitrogens with zero attached hydrogens (tertiary/aromatic N) is 6. The van der Waals surface area contributed by atoms with Gasteiger partial charge in [-0.1, -0.05) is 74.5 Å². The molecular formula is C45H24N6O2. The van der Waals surface area contributed by atoms with Crippen LogP contribution in [0.1, 0.15) is 36.1 Å².